The fourth-order valence-electron chi connectivity index (χ4n) is 4.46. The van der Waals surface area contributed by atoms with Crippen LogP contribution in [0.2, 0.25) is 0 Å². The minimum Gasteiger partial charge on any atom is -0.480 e. The summed E-state index contributed by atoms with van der Waals surface area (Å²) < 4.78 is 14.4. The summed E-state index contributed by atoms with van der Waals surface area (Å²) in [5.41, 5.74) is 6.45. The third kappa shape index (κ3) is 9.15. The van der Waals surface area contributed by atoms with Gasteiger partial charge in [-0.3, -0.25) is 19.3 Å². The van der Waals surface area contributed by atoms with Crippen LogP contribution in [0, 0.1) is 11.7 Å². The summed E-state index contributed by atoms with van der Waals surface area (Å²) in [4.78, 5) is 62.2. The van der Waals surface area contributed by atoms with Crippen LogP contribution in [-0.4, -0.2) is 80.2 Å². The van der Waals surface area contributed by atoms with E-state index >= 15 is 0 Å². The predicted molar refractivity (Wildman–Crippen MR) is 150 cm³/mol. The Hall–Kier alpha value is -2.74. The standard InChI is InChI=1S/C27H34FN3O7S2/c1-15(32)20(29)8-9-23(33)30-21(27(37)38)14-39-40-22-10-11-31(13-17-4-2-3-5-19(17)28)25(18(22)12-24(34)35)26(36)16-6-7-16/h2-5,12,16,20-22,25H,6-11,13-14,29H2,1H3,(H,30,33)(H,34,35)(H,37,38)/b18-12+. The summed E-state index contributed by atoms with van der Waals surface area (Å²) in [7, 11) is 2.42. The zero-order chi connectivity index (χ0) is 29.4. The number of ketones is 2. The van der Waals surface area contributed by atoms with Crippen molar-refractivity contribution in [1.29, 1.82) is 0 Å². The number of Topliss-reactive ketones (excluding diaryl/α,β-unsaturated/α-hetero) is 2. The lowest BCUT2D eigenvalue weighted by Crippen LogP contribution is -2.50. The van der Waals surface area contributed by atoms with Gasteiger partial charge in [-0.25, -0.2) is 14.0 Å². The SMILES string of the molecule is CC(=O)C(N)CCC(=O)NC(CSSC1CCN(Cc2ccccc2F)C(C(=O)C2CC2)/C1=C/C(=O)O)C(=O)O. The molecule has 0 radical (unpaired) electrons. The number of carbonyl (C=O) groups excluding carboxylic acids is 3. The van der Waals surface area contributed by atoms with Gasteiger partial charge in [0, 0.05) is 48.1 Å². The molecule has 0 spiro atoms. The lowest BCUT2D eigenvalue weighted by molar-refractivity contribution is -0.141. The number of hydrogen-bond donors (Lipinski definition) is 4. The van der Waals surface area contributed by atoms with Crippen molar-refractivity contribution in [2.24, 2.45) is 11.7 Å². The molecule has 10 nitrogen and oxygen atoms in total. The van der Waals surface area contributed by atoms with E-state index in [1.54, 1.807) is 18.2 Å². The number of hydrogen-bond acceptors (Lipinski definition) is 9. The first-order valence-corrected chi connectivity index (χ1v) is 15.4. The highest BCUT2D eigenvalue weighted by atomic mass is 33.1. The molecule has 1 heterocycles. The van der Waals surface area contributed by atoms with Crippen LogP contribution < -0.4 is 11.1 Å². The fourth-order valence-corrected chi connectivity index (χ4v) is 7.33. The second kappa shape index (κ2) is 14.8. The Balaban J connectivity index is 1.69. The molecule has 2 fully saturated rings. The van der Waals surface area contributed by atoms with Crippen LogP contribution in [0.25, 0.3) is 0 Å². The van der Waals surface area contributed by atoms with Gasteiger partial charge in [-0.1, -0.05) is 39.8 Å². The maximum atomic E-state index is 14.4. The summed E-state index contributed by atoms with van der Waals surface area (Å²) in [5.74, 6) is -3.91. The number of nitrogens with one attached hydrogen (secondary N) is 1. The minimum absolute atomic E-state index is 0.0124. The van der Waals surface area contributed by atoms with Gasteiger partial charge in [0.15, 0.2) is 5.78 Å². The molecular formula is C27H34FN3O7S2. The average molecular weight is 596 g/mol. The lowest BCUT2D eigenvalue weighted by atomic mass is 9.89. The summed E-state index contributed by atoms with van der Waals surface area (Å²) in [6.45, 7) is 1.89. The number of carboxylic acid groups (broad SMARTS) is 2. The van der Waals surface area contributed by atoms with E-state index in [1.165, 1.54) is 23.8 Å². The summed E-state index contributed by atoms with van der Waals surface area (Å²) >= 11 is 0. The lowest BCUT2D eigenvalue weighted by Gasteiger charge is -2.40. The second-order valence-electron chi connectivity index (χ2n) is 10.00. The largest absolute Gasteiger partial charge is 0.480 e. The number of amides is 1. The Kier molecular flexibility index (Phi) is 11.7. The molecule has 1 aromatic carbocycles. The van der Waals surface area contributed by atoms with Crippen molar-refractivity contribution >= 4 is 51.0 Å². The van der Waals surface area contributed by atoms with Crippen LogP contribution in [0.3, 0.4) is 0 Å². The highest BCUT2D eigenvalue weighted by Crippen LogP contribution is 2.42. The summed E-state index contributed by atoms with van der Waals surface area (Å²) in [6, 6.07) is 3.43. The molecule has 1 aliphatic carbocycles. The average Bonchev–Trinajstić information content (AvgIpc) is 3.74. The normalized spacial score (nSPS) is 21.9. The van der Waals surface area contributed by atoms with E-state index in [1.807, 2.05) is 4.90 Å². The van der Waals surface area contributed by atoms with Crippen molar-refractivity contribution in [3.05, 3.63) is 47.3 Å². The first-order chi connectivity index (χ1) is 19.0. The van der Waals surface area contributed by atoms with Crippen molar-refractivity contribution in [2.45, 2.75) is 68.9 Å². The molecule has 2 aliphatic rings. The number of likely N-dealkylation sites (tertiary alicyclic amines) is 1. The number of nitrogens with two attached hydrogens (primary N) is 1. The molecule has 5 N–H and O–H groups in total. The van der Waals surface area contributed by atoms with Crippen molar-refractivity contribution in [3.63, 3.8) is 0 Å². The molecule has 1 aliphatic heterocycles. The Bertz CT molecular complexity index is 1160. The number of halogens is 1. The van der Waals surface area contributed by atoms with Gasteiger partial charge >= 0.3 is 11.9 Å². The number of benzene rings is 1. The number of piperidine rings is 1. The molecule has 0 aromatic heterocycles. The molecule has 218 valence electrons. The smallest absolute Gasteiger partial charge is 0.328 e. The first-order valence-electron chi connectivity index (χ1n) is 13.0. The quantitative estimate of drug-likeness (QED) is 0.174. The van der Waals surface area contributed by atoms with Crippen LogP contribution in [0.4, 0.5) is 4.39 Å². The van der Waals surface area contributed by atoms with Crippen LogP contribution >= 0.6 is 21.6 Å². The number of aliphatic carboxylic acids is 2. The van der Waals surface area contributed by atoms with Gasteiger partial charge in [0.1, 0.15) is 17.6 Å². The highest BCUT2D eigenvalue weighted by molar-refractivity contribution is 8.77. The third-order valence-electron chi connectivity index (χ3n) is 6.86. The van der Waals surface area contributed by atoms with Crippen molar-refractivity contribution in [2.75, 3.05) is 12.3 Å². The summed E-state index contributed by atoms with van der Waals surface area (Å²) in [6.07, 6.45) is 2.97. The van der Waals surface area contributed by atoms with Crippen LogP contribution in [0.15, 0.2) is 35.9 Å². The van der Waals surface area contributed by atoms with E-state index in [0.717, 1.165) is 29.7 Å². The molecule has 4 atom stereocenters. The van der Waals surface area contributed by atoms with Crippen molar-refractivity contribution in [3.8, 4) is 0 Å². The Labute approximate surface area is 239 Å². The summed E-state index contributed by atoms with van der Waals surface area (Å²) in [5, 5.41) is 21.3. The van der Waals surface area contributed by atoms with Gasteiger partial charge in [0.25, 0.3) is 0 Å². The van der Waals surface area contributed by atoms with Crippen LogP contribution in [0.1, 0.15) is 44.6 Å². The maximum Gasteiger partial charge on any atom is 0.328 e. The third-order valence-corrected chi connectivity index (χ3v) is 9.72. The number of carbonyl (C=O) groups is 5. The number of nitrogens with zero attached hydrogens (tertiary/aromatic N) is 1. The Morgan fingerprint density at radius 3 is 2.48 bits per heavy atom. The monoisotopic (exact) mass is 595 g/mol. The highest BCUT2D eigenvalue weighted by Gasteiger charge is 2.44. The molecule has 1 aromatic rings. The molecule has 1 amide bonds. The van der Waals surface area contributed by atoms with Crippen LogP contribution in [0.5, 0.6) is 0 Å². The van der Waals surface area contributed by atoms with Gasteiger partial charge in [0.05, 0.1) is 12.1 Å². The van der Waals surface area contributed by atoms with Gasteiger partial charge in [-0.05, 0) is 44.2 Å². The zero-order valence-corrected chi connectivity index (χ0v) is 23.7. The van der Waals surface area contributed by atoms with E-state index in [9.17, 15) is 38.6 Å². The van der Waals surface area contributed by atoms with E-state index < -0.39 is 47.0 Å². The molecule has 13 heteroatoms. The van der Waals surface area contributed by atoms with E-state index in [-0.39, 0.29) is 42.6 Å². The van der Waals surface area contributed by atoms with E-state index in [4.69, 9.17) is 5.73 Å². The molecule has 0 bridgehead atoms. The topological polar surface area (TPSA) is 167 Å². The predicted octanol–water partition coefficient (Wildman–Crippen LogP) is 2.41. The van der Waals surface area contributed by atoms with E-state index in [2.05, 4.69) is 5.32 Å². The fraction of sp³-hybridized carbons (Fsp3) is 0.519. The van der Waals surface area contributed by atoms with Gasteiger partial charge < -0.3 is 21.3 Å². The molecule has 4 unspecified atom stereocenters. The maximum absolute atomic E-state index is 14.4. The number of rotatable bonds is 15. The van der Waals surface area contributed by atoms with Gasteiger partial charge in [-0.2, -0.15) is 0 Å². The molecule has 1 saturated heterocycles. The zero-order valence-electron chi connectivity index (χ0n) is 22.1. The minimum atomic E-state index is -1.24. The van der Waals surface area contributed by atoms with Crippen molar-refractivity contribution in [1.82, 2.24) is 10.2 Å². The Morgan fingerprint density at radius 1 is 1.18 bits per heavy atom. The molecule has 3 rings (SSSR count). The van der Waals surface area contributed by atoms with Gasteiger partial charge in [0.2, 0.25) is 5.91 Å². The molecular weight excluding hydrogens is 561 g/mol. The Morgan fingerprint density at radius 2 is 1.88 bits per heavy atom. The van der Waals surface area contributed by atoms with E-state index in [0.29, 0.717) is 24.1 Å². The van der Waals surface area contributed by atoms with Crippen molar-refractivity contribution < 1.29 is 38.6 Å². The van der Waals surface area contributed by atoms with Gasteiger partial charge in [-0.15, -0.1) is 0 Å². The second-order valence-corrected chi connectivity index (χ2v) is 12.6. The first kappa shape index (κ1) is 31.8. The molecule has 40 heavy (non-hydrogen) atoms. The number of carboxylic acids is 2. The van der Waals surface area contributed by atoms with Crippen LogP contribution in [-0.2, 0) is 30.5 Å². The molecule has 1 saturated carbocycles.